The van der Waals surface area contributed by atoms with Gasteiger partial charge >= 0.3 is 0 Å². The van der Waals surface area contributed by atoms with E-state index in [1.165, 1.54) is 141 Å². The molecule has 0 spiro atoms. The molecule has 4 heteroatoms. The molecule has 47 heavy (non-hydrogen) atoms. The third-order valence-corrected chi connectivity index (χ3v) is 9.03. The molecule has 0 aromatic carbocycles. The zero-order valence-electron chi connectivity index (χ0n) is 31.3. The van der Waals surface area contributed by atoms with Crippen molar-refractivity contribution in [3.63, 3.8) is 0 Å². The second-order valence-corrected chi connectivity index (χ2v) is 13.7. The first-order valence-electron chi connectivity index (χ1n) is 20.4. The van der Waals surface area contributed by atoms with Crippen LogP contribution in [0.25, 0.3) is 0 Å². The van der Waals surface area contributed by atoms with Gasteiger partial charge in [-0.05, 0) is 64.2 Å². The number of unbranched alkanes of at least 4 members (excludes halogenated alkanes) is 23. The highest BCUT2D eigenvalue weighted by Crippen LogP contribution is 2.13. The first kappa shape index (κ1) is 45.3. The predicted molar refractivity (Wildman–Crippen MR) is 207 cm³/mol. The van der Waals surface area contributed by atoms with Gasteiger partial charge in [0, 0.05) is 6.42 Å². The minimum Gasteiger partial charge on any atom is -0.394 e. The third-order valence-electron chi connectivity index (χ3n) is 9.03. The molecule has 0 aromatic heterocycles. The number of hydrogen-bond acceptors (Lipinski definition) is 3. The van der Waals surface area contributed by atoms with Crippen molar-refractivity contribution in [2.75, 3.05) is 6.61 Å². The average Bonchev–Trinajstić information content (AvgIpc) is 3.07. The molecule has 0 aliphatic carbocycles. The van der Waals surface area contributed by atoms with Gasteiger partial charge in [-0.1, -0.05) is 178 Å². The fraction of sp³-hybridized carbons (Fsp3) is 0.791. The van der Waals surface area contributed by atoms with Crippen molar-refractivity contribution in [1.82, 2.24) is 5.32 Å². The zero-order valence-corrected chi connectivity index (χ0v) is 31.3. The minimum absolute atomic E-state index is 0.0803. The summed E-state index contributed by atoms with van der Waals surface area (Å²) in [7, 11) is 0. The van der Waals surface area contributed by atoms with E-state index in [9.17, 15) is 15.0 Å². The Morgan fingerprint density at radius 1 is 0.511 bits per heavy atom. The molecule has 2 unspecified atom stereocenters. The Morgan fingerprint density at radius 2 is 0.894 bits per heavy atom. The van der Waals surface area contributed by atoms with E-state index in [0.717, 1.165) is 38.5 Å². The number of carbonyl (C=O) groups excluding carboxylic acids is 1. The van der Waals surface area contributed by atoms with E-state index in [1.54, 1.807) is 6.08 Å². The smallest absolute Gasteiger partial charge is 0.220 e. The molecule has 0 saturated carbocycles. The van der Waals surface area contributed by atoms with Gasteiger partial charge in [-0.2, -0.15) is 0 Å². The maximum absolute atomic E-state index is 12.3. The molecule has 0 saturated heterocycles. The first-order valence-corrected chi connectivity index (χ1v) is 20.4. The van der Waals surface area contributed by atoms with Gasteiger partial charge in [0.1, 0.15) is 0 Å². The van der Waals surface area contributed by atoms with Gasteiger partial charge in [-0.3, -0.25) is 4.79 Å². The van der Waals surface area contributed by atoms with Gasteiger partial charge in [0.05, 0.1) is 18.8 Å². The van der Waals surface area contributed by atoms with Crippen LogP contribution in [0.1, 0.15) is 200 Å². The summed E-state index contributed by atoms with van der Waals surface area (Å²) in [5.74, 6) is -0.0803. The lowest BCUT2D eigenvalue weighted by Crippen LogP contribution is -2.45. The summed E-state index contributed by atoms with van der Waals surface area (Å²) in [4.78, 5) is 12.3. The van der Waals surface area contributed by atoms with Crippen molar-refractivity contribution in [3.8, 4) is 0 Å². The van der Waals surface area contributed by atoms with Gasteiger partial charge in [0.15, 0.2) is 0 Å². The number of hydrogen-bond donors (Lipinski definition) is 3. The molecule has 0 fully saturated rings. The van der Waals surface area contributed by atoms with Crippen LogP contribution in [0.2, 0.25) is 0 Å². The monoisotopic (exact) mass is 658 g/mol. The molecular weight excluding hydrogens is 578 g/mol. The standard InChI is InChI=1S/C43H79NO3/c1-3-5-7-9-11-13-15-17-19-20-21-22-23-24-25-27-29-31-33-35-37-39-43(47)44-41(40-45)42(46)38-36-34-32-30-28-26-18-16-14-12-10-8-6-4-2/h15,17,20-21,28,30,36,38,41-42,45-46H,3-14,16,18-19,22-27,29,31-35,37,39-40H2,1-2H3,(H,44,47)/b17-15-,21-20-,30-28+,38-36+. The molecule has 2 atom stereocenters. The van der Waals surface area contributed by atoms with Crippen LogP contribution >= 0.6 is 0 Å². The summed E-state index contributed by atoms with van der Waals surface area (Å²) in [5, 5.41) is 22.9. The van der Waals surface area contributed by atoms with E-state index in [-0.39, 0.29) is 12.5 Å². The number of nitrogens with one attached hydrogen (secondary N) is 1. The Labute approximate surface area is 293 Å². The number of rotatable bonds is 36. The van der Waals surface area contributed by atoms with E-state index >= 15 is 0 Å². The summed E-state index contributed by atoms with van der Waals surface area (Å²) in [5.41, 5.74) is 0. The van der Waals surface area contributed by atoms with Crippen molar-refractivity contribution < 1.29 is 15.0 Å². The Morgan fingerprint density at radius 3 is 1.36 bits per heavy atom. The van der Waals surface area contributed by atoms with Crippen LogP contribution < -0.4 is 5.32 Å². The minimum atomic E-state index is -0.863. The van der Waals surface area contributed by atoms with E-state index in [0.29, 0.717) is 6.42 Å². The van der Waals surface area contributed by atoms with Crippen molar-refractivity contribution >= 4 is 5.91 Å². The van der Waals surface area contributed by atoms with Crippen LogP contribution in [0.3, 0.4) is 0 Å². The largest absolute Gasteiger partial charge is 0.394 e. The molecule has 274 valence electrons. The molecule has 0 bridgehead atoms. The number of aliphatic hydroxyl groups excluding tert-OH is 2. The molecule has 4 nitrogen and oxygen atoms in total. The van der Waals surface area contributed by atoms with Gasteiger partial charge in [0.25, 0.3) is 0 Å². The van der Waals surface area contributed by atoms with Crippen molar-refractivity contribution in [2.45, 2.75) is 212 Å². The molecule has 0 radical (unpaired) electrons. The normalized spacial score (nSPS) is 13.5. The van der Waals surface area contributed by atoms with Gasteiger partial charge in [-0.15, -0.1) is 0 Å². The Bertz CT molecular complexity index is 756. The number of aliphatic hydroxyl groups is 2. The van der Waals surface area contributed by atoms with Crippen molar-refractivity contribution in [2.24, 2.45) is 0 Å². The van der Waals surface area contributed by atoms with Crippen LogP contribution in [0.4, 0.5) is 0 Å². The quantitative estimate of drug-likeness (QED) is 0.0464. The second kappa shape index (κ2) is 38.8. The number of carbonyl (C=O) groups is 1. The highest BCUT2D eigenvalue weighted by molar-refractivity contribution is 5.76. The fourth-order valence-electron chi connectivity index (χ4n) is 5.87. The molecule has 0 rings (SSSR count). The maximum Gasteiger partial charge on any atom is 0.220 e. The highest BCUT2D eigenvalue weighted by atomic mass is 16.3. The summed E-state index contributed by atoms with van der Waals surface area (Å²) >= 11 is 0. The Kier molecular flexibility index (Phi) is 37.4. The van der Waals surface area contributed by atoms with Crippen LogP contribution in [-0.2, 0) is 4.79 Å². The van der Waals surface area contributed by atoms with Crippen molar-refractivity contribution in [3.05, 3.63) is 48.6 Å². The first-order chi connectivity index (χ1) is 23.2. The molecule has 0 aliphatic heterocycles. The molecule has 3 N–H and O–H groups in total. The lowest BCUT2D eigenvalue weighted by molar-refractivity contribution is -0.123. The summed E-state index contributed by atoms with van der Waals surface area (Å²) < 4.78 is 0. The highest BCUT2D eigenvalue weighted by Gasteiger charge is 2.17. The molecule has 0 aliphatic rings. The third kappa shape index (κ3) is 35.5. The average molecular weight is 658 g/mol. The van der Waals surface area contributed by atoms with Gasteiger partial charge < -0.3 is 15.5 Å². The van der Waals surface area contributed by atoms with Crippen LogP contribution in [-0.4, -0.2) is 34.9 Å². The molecule has 1 amide bonds. The van der Waals surface area contributed by atoms with E-state index in [2.05, 4.69) is 55.6 Å². The van der Waals surface area contributed by atoms with Crippen LogP contribution in [0.15, 0.2) is 48.6 Å². The topological polar surface area (TPSA) is 69.6 Å². The number of allylic oxidation sites excluding steroid dienone is 7. The lowest BCUT2D eigenvalue weighted by Gasteiger charge is -2.19. The summed E-state index contributed by atoms with van der Waals surface area (Å²) in [6, 6.07) is -0.640. The number of amides is 1. The van der Waals surface area contributed by atoms with Gasteiger partial charge in [0.2, 0.25) is 5.91 Å². The zero-order chi connectivity index (χ0) is 34.3. The van der Waals surface area contributed by atoms with E-state index in [4.69, 9.17) is 0 Å². The molecular formula is C43H79NO3. The van der Waals surface area contributed by atoms with E-state index in [1.807, 2.05) is 6.08 Å². The van der Waals surface area contributed by atoms with Crippen molar-refractivity contribution in [1.29, 1.82) is 0 Å². The van der Waals surface area contributed by atoms with Gasteiger partial charge in [-0.25, -0.2) is 0 Å². The predicted octanol–water partition coefficient (Wildman–Crippen LogP) is 12.4. The van der Waals surface area contributed by atoms with Crippen LogP contribution in [0, 0.1) is 0 Å². The Balaban J connectivity index is 3.64. The summed E-state index contributed by atoms with van der Waals surface area (Å²) in [6.07, 6.45) is 52.0. The molecule has 0 heterocycles. The van der Waals surface area contributed by atoms with Crippen LogP contribution in [0.5, 0.6) is 0 Å². The fourth-order valence-corrected chi connectivity index (χ4v) is 5.87. The van der Waals surface area contributed by atoms with E-state index < -0.39 is 12.1 Å². The summed E-state index contributed by atoms with van der Waals surface area (Å²) in [6.45, 7) is 4.27. The SMILES string of the molecule is CCCCCCC/C=C\C/C=C\CCCCCCCCCCCC(=O)NC(CO)C(O)/C=C/CC/C=C/CCCCCCCCCC. The maximum atomic E-state index is 12.3. The second-order valence-electron chi connectivity index (χ2n) is 13.7. The molecule has 0 aromatic rings. The Hall–Kier alpha value is -1.65. The lowest BCUT2D eigenvalue weighted by atomic mass is 10.1.